The predicted molar refractivity (Wildman–Crippen MR) is 113 cm³/mol. The molecule has 27 heavy (non-hydrogen) atoms. The Morgan fingerprint density at radius 1 is 1.41 bits per heavy atom. The minimum Gasteiger partial charge on any atom is -0.504 e. The van der Waals surface area contributed by atoms with Crippen LogP contribution in [0.4, 0.5) is 0 Å². The van der Waals surface area contributed by atoms with Crippen molar-refractivity contribution in [1.29, 1.82) is 0 Å². The van der Waals surface area contributed by atoms with Crippen LogP contribution in [0.2, 0.25) is 0 Å². The summed E-state index contributed by atoms with van der Waals surface area (Å²) >= 11 is 11.4. The van der Waals surface area contributed by atoms with Gasteiger partial charge in [-0.15, -0.1) is 11.3 Å². The summed E-state index contributed by atoms with van der Waals surface area (Å²) in [6.07, 6.45) is 5.88. The number of aromatic nitrogens is 2. The van der Waals surface area contributed by atoms with Crippen molar-refractivity contribution in [2.45, 2.75) is 25.7 Å². The van der Waals surface area contributed by atoms with Crippen LogP contribution in [0.15, 0.2) is 21.4 Å². The quantitative estimate of drug-likeness (QED) is 0.563. The monoisotopic (exact) mass is 466 g/mol. The number of hydrogen-bond acceptors (Lipinski definition) is 5. The van der Waals surface area contributed by atoms with E-state index in [4.69, 9.17) is 16.3 Å². The van der Waals surface area contributed by atoms with E-state index in [0.717, 1.165) is 36.1 Å². The normalized spacial score (nSPS) is 14.4. The molecule has 5 nitrogen and oxygen atoms in total. The molecule has 2 N–H and O–H groups in total. The van der Waals surface area contributed by atoms with Crippen LogP contribution in [-0.4, -0.2) is 22.2 Å². The van der Waals surface area contributed by atoms with Gasteiger partial charge in [0.25, 0.3) is 5.56 Å². The first-order valence-electron chi connectivity index (χ1n) is 8.46. The summed E-state index contributed by atoms with van der Waals surface area (Å²) in [6, 6.07) is 3.18. The molecule has 1 aliphatic carbocycles. The van der Waals surface area contributed by atoms with Gasteiger partial charge in [0.2, 0.25) is 0 Å². The molecule has 0 saturated carbocycles. The lowest BCUT2D eigenvalue weighted by molar-refractivity contribution is 0.373. The maximum atomic E-state index is 12.7. The molecule has 0 unspecified atom stereocenters. The molecule has 0 fully saturated rings. The topological polar surface area (TPSA) is 75.2 Å². The molecule has 1 aliphatic rings. The zero-order valence-electron chi connectivity index (χ0n) is 14.4. The highest BCUT2D eigenvalue weighted by molar-refractivity contribution is 9.10. The second-order valence-electron chi connectivity index (χ2n) is 6.34. The number of ether oxygens (including phenoxy) is 1. The second-order valence-corrected chi connectivity index (χ2v) is 8.69. The van der Waals surface area contributed by atoms with Gasteiger partial charge in [-0.05, 0) is 55.0 Å². The molecule has 8 heteroatoms. The van der Waals surface area contributed by atoms with Crippen molar-refractivity contribution in [1.82, 2.24) is 9.97 Å². The number of aromatic amines is 1. The maximum absolute atomic E-state index is 12.7. The van der Waals surface area contributed by atoms with Crippen LogP contribution in [0.3, 0.4) is 0 Å². The number of benzene rings is 1. The molecule has 1 aromatic carbocycles. The van der Waals surface area contributed by atoms with E-state index in [2.05, 4.69) is 25.9 Å². The smallest absolute Gasteiger partial charge is 0.260 e. The third kappa shape index (κ3) is 3.39. The number of rotatable bonds is 3. The highest BCUT2D eigenvalue weighted by Gasteiger charge is 2.20. The van der Waals surface area contributed by atoms with Gasteiger partial charge in [-0.2, -0.15) is 0 Å². The van der Waals surface area contributed by atoms with Gasteiger partial charge in [0.05, 0.1) is 17.5 Å². The summed E-state index contributed by atoms with van der Waals surface area (Å²) in [6.45, 7) is 0. The Morgan fingerprint density at radius 3 is 2.96 bits per heavy atom. The van der Waals surface area contributed by atoms with Crippen LogP contribution in [0.1, 0.15) is 34.7 Å². The fourth-order valence-electron chi connectivity index (χ4n) is 3.31. The largest absolute Gasteiger partial charge is 0.504 e. The van der Waals surface area contributed by atoms with E-state index in [1.54, 1.807) is 23.5 Å². The molecule has 3 aromatic rings. The van der Waals surface area contributed by atoms with E-state index in [1.807, 2.05) is 0 Å². The number of fused-ring (bicyclic) bond motifs is 3. The molecule has 2 heterocycles. The molecule has 0 amide bonds. The van der Waals surface area contributed by atoms with Crippen LogP contribution in [0.25, 0.3) is 21.3 Å². The molecule has 4 rings (SSSR count). The van der Waals surface area contributed by atoms with E-state index < -0.39 is 0 Å². The molecule has 0 radical (unpaired) electrons. The highest BCUT2D eigenvalue weighted by atomic mass is 79.9. The molecule has 0 spiro atoms. The Labute approximate surface area is 172 Å². The van der Waals surface area contributed by atoms with Gasteiger partial charge in [0.1, 0.15) is 4.83 Å². The summed E-state index contributed by atoms with van der Waals surface area (Å²) < 4.78 is 5.78. The first-order chi connectivity index (χ1) is 13.0. The number of phenolic OH excluding ortho intramolecular Hbond substituents is 1. The number of halogens is 2. The first-order valence-corrected chi connectivity index (χ1v) is 10.5. The summed E-state index contributed by atoms with van der Waals surface area (Å²) in [4.78, 5) is 22.1. The number of aryl methyl sites for hydroxylation is 2. The van der Waals surface area contributed by atoms with Gasteiger partial charge in [-0.1, -0.05) is 27.5 Å². The van der Waals surface area contributed by atoms with E-state index in [-0.39, 0.29) is 11.3 Å². The van der Waals surface area contributed by atoms with Crippen molar-refractivity contribution in [3.63, 3.8) is 0 Å². The lowest BCUT2D eigenvalue weighted by Crippen LogP contribution is -2.12. The van der Waals surface area contributed by atoms with Gasteiger partial charge in [0.15, 0.2) is 17.3 Å². The van der Waals surface area contributed by atoms with Crippen LogP contribution < -0.4 is 10.3 Å². The Hall–Kier alpha value is -1.83. The lowest BCUT2D eigenvalue weighted by atomic mass is 9.97. The second kappa shape index (κ2) is 7.30. The molecule has 0 aliphatic heterocycles. The van der Waals surface area contributed by atoms with Crippen LogP contribution >= 0.6 is 38.9 Å². The van der Waals surface area contributed by atoms with Gasteiger partial charge >= 0.3 is 0 Å². The summed E-state index contributed by atoms with van der Waals surface area (Å²) in [5.74, 6) is 0.679. The molecule has 140 valence electrons. The number of methoxy groups -OCH3 is 1. The molecule has 2 aromatic heterocycles. The van der Waals surface area contributed by atoms with E-state index in [1.165, 1.54) is 18.1 Å². The number of nitrogens with zero attached hydrogens (tertiary/aromatic N) is 1. The van der Waals surface area contributed by atoms with Crippen LogP contribution in [-0.2, 0) is 12.8 Å². The summed E-state index contributed by atoms with van der Waals surface area (Å²) in [7, 11) is 1.48. The van der Waals surface area contributed by atoms with Crippen molar-refractivity contribution < 1.29 is 9.84 Å². The summed E-state index contributed by atoms with van der Waals surface area (Å²) in [5.41, 5.74) is 1.69. The van der Waals surface area contributed by atoms with Crippen molar-refractivity contribution in [3.05, 3.63) is 48.8 Å². The van der Waals surface area contributed by atoms with Crippen molar-refractivity contribution >= 4 is 60.2 Å². The molecular formula is C19H16BrClN2O3S. The van der Waals surface area contributed by atoms with Gasteiger partial charge in [-0.25, -0.2) is 4.98 Å². The first kappa shape index (κ1) is 18.5. The van der Waals surface area contributed by atoms with E-state index >= 15 is 0 Å². The molecular weight excluding hydrogens is 452 g/mol. The third-order valence-corrected chi connectivity index (χ3v) is 6.79. The fourth-order valence-corrected chi connectivity index (χ4v) is 5.23. The van der Waals surface area contributed by atoms with Crippen molar-refractivity contribution in [3.8, 4) is 11.5 Å². The zero-order chi connectivity index (χ0) is 19.1. The Bertz CT molecular complexity index is 1140. The highest BCUT2D eigenvalue weighted by Crippen LogP contribution is 2.36. The molecule has 0 saturated heterocycles. The number of H-pyrrole nitrogens is 1. The minimum atomic E-state index is -0.150. The van der Waals surface area contributed by atoms with E-state index in [0.29, 0.717) is 32.0 Å². The Balaban J connectivity index is 1.80. The molecule has 0 atom stereocenters. The lowest BCUT2D eigenvalue weighted by Gasteiger charge is -2.09. The summed E-state index contributed by atoms with van der Waals surface area (Å²) in [5, 5.41) is 10.8. The van der Waals surface area contributed by atoms with Gasteiger partial charge in [-0.3, -0.25) is 4.79 Å². The Kier molecular flexibility index (Phi) is 5.01. The van der Waals surface area contributed by atoms with Gasteiger partial charge < -0.3 is 14.8 Å². The number of phenols is 1. The maximum Gasteiger partial charge on any atom is 0.260 e. The number of aromatic hydroxyl groups is 1. The van der Waals surface area contributed by atoms with Crippen molar-refractivity contribution in [2.24, 2.45) is 0 Å². The number of hydrogen-bond donors (Lipinski definition) is 2. The van der Waals surface area contributed by atoms with Crippen LogP contribution in [0.5, 0.6) is 11.5 Å². The average molecular weight is 468 g/mol. The SMILES string of the molecule is COc1cc(/C=C(/Cl)c2nc3sc4c(c3c(=O)[nH]2)CCCC4)c(Br)cc1O. The van der Waals surface area contributed by atoms with Crippen LogP contribution in [0, 0.1) is 0 Å². The number of nitrogens with one attached hydrogen (secondary N) is 1. The fraction of sp³-hybridized carbons (Fsp3) is 0.263. The Morgan fingerprint density at radius 2 is 2.19 bits per heavy atom. The number of thiophene rings is 1. The standard InChI is InChI=1S/C19H16BrClN2O3S/c1-26-14-7-9(11(20)8-13(14)24)6-12(21)17-22-18(25)16-10-4-2-3-5-15(10)27-19(16)23-17/h6-8,24H,2-5H2,1H3,(H,22,23,25)/b12-6+. The predicted octanol–water partition coefficient (Wildman–Crippen LogP) is 5.08. The third-order valence-electron chi connectivity index (χ3n) is 4.63. The zero-order valence-corrected chi connectivity index (χ0v) is 17.6. The van der Waals surface area contributed by atoms with Crippen molar-refractivity contribution in [2.75, 3.05) is 7.11 Å². The average Bonchev–Trinajstić information content (AvgIpc) is 3.02. The van der Waals surface area contributed by atoms with Gasteiger partial charge in [0, 0.05) is 9.35 Å². The van der Waals surface area contributed by atoms with E-state index in [9.17, 15) is 9.90 Å². The minimum absolute atomic E-state index is 0.0229. The molecule has 0 bridgehead atoms.